The molecule has 0 bridgehead atoms. The summed E-state index contributed by atoms with van der Waals surface area (Å²) < 4.78 is 19.9. The molecule has 0 spiro atoms. The van der Waals surface area contributed by atoms with Crippen LogP contribution in [0.4, 0.5) is 0 Å². The highest BCUT2D eigenvalue weighted by atomic mass is 31.2. The lowest BCUT2D eigenvalue weighted by Crippen LogP contribution is -2.16. The van der Waals surface area contributed by atoms with Gasteiger partial charge in [-0.1, -0.05) is 0 Å². The summed E-state index contributed by atoms with van der Waals surface area (Å²) in [6.45, 7) is 1.52. The van der Waals surface area contributed by atoms with E-state index in [-0.39, 0.29) is 13.0 Å². The molecule has 1 N–H and O–H groups in total. The summed E-state index contributed by atoms with van der Waals surface area (Å²) in [5, 5.41) is 0. The zero-order valence-electron chi connectivity index (χ0n) is 6.93. The van der Waals surface area contributed by atoms with E-state index in [9.17, 15) is 19.0 Å². The van der Waals surface area contributed by atoms with Crippen LogP contribution in [0.2, 0.25) is 0 Å². The van der Waals surface area contributed by atoms with Crippen molar-refractivity contribution in [1.29, 1.82) is 0 Å². The maximum Gasteiger partial charge on any atom is 0.342 e. The molecule has 1 aliphatic rings. The Hall–Kier alpha value is -0.710. The fourth-order valence-electron chi connectivity index (χ4n) is 0.987. The fraction of sp³-hybridized carbons (Fsp3) is 0.667. The van der Waals surface area contributed by atoms with Gasteiger partial charge in [-0.2, -0.15) is 0 Å². The Morgan fingerprint density at radius 2 is 2.31 bits per heavy atom. The van der Waals surface area contributed by atoms with Gasteiger partial charge in [-0.15, -0.1) is 0 Å². The Bertz CT molecular complexity index is 285. The van der Waals surface area contributed by atoms with E-state index in [1.54, 1.807) is 0 Å². The van der Waals surface area contributed by atoms with Crippen molar-refractivity contribution in [3.63, 3.8) is 0 Å². The van der Waals surface area contributed by atoms with Crippen LogP contribution in [-0.2, 0) is 23.4 Å². The van der Waals surface area contributed by atoms with Crippen molar-refractivity contribution in [2.45, 2.75) is 19.0 Å². The lowest BCUT2D eigenvalue weighted by molar-refractivity contribution is -0.151. The average Bonchev–Trinajstić information content (AvgIpc) is 2.30. The van der Waals surface area contributed by atoms with Crippen LogP contribution < -0.4 is 0 Å². The Labute approximate surface area is 74.4 Å². The maximum atomic E-state index is 11.3. The number of carbonyl (C=O) groups is 2. The largest absolute Gasteiger partial charge is 0.392 e. The third-order valence-corrected chi connectivity index (χ3v) is 3.36. The minimum atomic E-state index is -4.03. The van der Waals surface area contributed by atoms with Gasteiger partial charge in [0.2, 0.25) is 0 Å². The molecule has 0 saturated carbocycles. The molecule has 0 aliphatic carbocycles. The van der Waals surface area contributed by atoms with E-state index in [0.717, 1.165) is 0 Å². The molecule has 0 aromatic carbocycles. The van der Waals surface area contributed by atoms with Crippen molar-refractivity contribution < 1.29 is 28.3 Å². The van der Waals surface area contributed by atoms with Crippen LogP contribution >= 0.6 is 7.60 Å². The molecule has 1 fully saturated rings. The molecule has 0 amide bonds. The van der Waals surface area contributed by atoms with E-state index in [2.05, 4.69) is 9.26 Å². The van der Waals surface area contributed by atoms with Crippen LogP contribution in [0.25, 0.3) is 0 Å². The highest BCUT2D eigenvalue weighted by Gasteiger charge is 2.47. The molecule has 0 aromatic rings. The Morgan fingerprint density at radius 3 is 2.69 bits per heavy atom. The van der Waals surface area contributed by atoms with Crippen molar-refractivity contribution in [2.75, 3.05) is 6.61 Å². The van der Waals surface area contributed by atoms with E-state index in [1.165, 1.54) is 6.92 Å². The number of ether oxygens (including phenoxy) is 1. The molecule has 6 nitrogen and oxygen atoms in total. The molecular weight excluding hydrogens is 199 g/mol. The first-order valence-corrected chi connectivity index (χ1v) is 5.33. The van der Waals surface area contributed by atoms with Gasteiger partial charge in [0.05, 0.1) is 13.0 Å². The molecule has 0 aromatic heterocycles. The summed E-state index contributed by atoms with van der Waals surface area (Å²) >= 11 is 0. The molecular formula is C6H9O6P. The summed E-state index contributed by atoms with van der Waals surface area (Å²) in [5.74, 6) is -1.77. The molecule has 2 atom stereocenters. The number of esters is 2. The zero-order chi connectivity index (χ0) is 10.1. The molecule has 74 valence electrons. The van der Waals surface area contributed by atoms with Gasteiger partial charge in [-0.05, 0) is 6.92 Å². The van der Waals surface area contributed by atoms with Gasteiger partial charge in [0, 0.05) is 0 Å². The van der Waals surface area contributed by atoms with Crippen LogP contribution in [-0.4, -0.2) is 29.1 Å². The minimum absolute atomic E-state index is 0.00570. The number of hydrogen-bond acceptors (Lipinski definition) is 5. The summed E-state index contributed by atoms with van der Waals surface area (Å²) in [5.41, 5.74) is -1.35. The highest BCUT2D eigenvalue weighted by Crippen LogP contribution is 2.50. The second-order valence-corrected chi connectivity index (χ2v) is 4.50. The molecule has 1 heterocycles. The number of hydrogen-bond donors (Lipinski definition) is 1. The van der Waals surface area contributed by atoms with E-state index in [4.69, 9.17) is 0 Å². The third kappa shape index (κ3) is 2.15. The van der Waals surface area contributed by atoms with Gasteiger partial charge < -0.3 is 14.2 Å². The Balaban J connectivity index is 2.77. The number of carbonyl (C=O) groups excluding carboxylic acids is 2. The zero-order valence-corrected chi connectivity index (χ0v) is 7.82. The van der Waals surface area contributed by atoms with Crippen molar-refractivity contribution in [3.05, 3.63) is 0 Å². The minimum Gasteiger partial charge on any atom is -0.392 e. The predicted octanol–water partition coefficient (Wildman–Crippen LogP) is 0.0504. The summed E-state index contributed by atoms with van der Waals surface area (Å²) in [7, 11) is -4.03. The van der Waals surface area contributed by atoms with Crippen molar-refractivity contribution >= 4 is 19.5 Å². The lowest BCUT2D eigenvalue weighted by atomic mass is 10.4. The molecule has 1 aliphatic heterocycles. The van der Waals surface area contributed by atoms with Crippen LogP contribution in [0.5, 0.6) is 0 Å². The molecule has 1 saturated heterocycles. The normalized spacial score (nSPS) is 27.1. The SMILES string of the molecule is CCOP(=O)(O)C1CC(=O)OC1=O. The maximum absolute atomic E-state index is 11.3. The molecule has 13 heavy (non-hydrogen) atoms. The van der Waals surface area contributed by atoms with Gasteiger partial charge in [-0.3, -0.25) is 14.2 Å². The number of rotatable bonds is 3. The van der Waals surface area contributed by atoms with Crippen molar-refractivity contribution in [2.24, 2.45) is 0 Å². The topological polar surface area (TPSA) is 89.9 Å². The molecule has 2 unspecified atom stereocenters. The van der Waals surface area contributed by atoms with Gasteiger partial charge in [0.15, 0.2) is 5.66 Å². The van der Waals surface area contributed by atoms with Crippen molar-refractivity contribution in [1.82, 2.24) is 0 Å². The molecule has 7 heteroatoms. The van der Waals surface area contributed by atoms with Gasteiger partial charge in [0.1, 0.15) is 0 Å². The van der Waals surface area contributed by atoms with Crippen LogP contribution in [0.15, 0.2) is 0 Å². The first kappa shape index (κ1) is 10.4. The highest BCUT2D eigenvalue weighted by molar-refractivity contribution is 7.54. The van der Waals surface area contributed by atoms with Crippen molar-refractivity contribution in [3.8, 4) is 0 Å². The fourth-order valence-corrected chi connectivity index (χ4v) is 2.24. The quantitative estimate of drug-likeness (QED) is 0.400. The third-order valence-electron chi connectivity index (χ3n) is 1.55. The Morgan fingerprint density at radius 1 is 1.69 bits per heavy atom. The van der Waals surface area contributed by atoms with Crippen LogP contribution in [0, 0.1) is 0 Å². The number of cyclic esters (lactones) is 2. The summed E-state index contributed by atoms with van der Waals surface area (Å²) in [6, 6.07) is 0. The standard InChI is InChI=1S/C6H9O6P/c1-2-11-13(9,10)4-3-5(7)12-6(4)8/h4H,2-3H2,1H3,(H,9,10). The predicted molar refractivity (Wildman–Crippen MR) is 41.0 cm³/mol. The average molecular weight is 208 g/mol. The lowest BCUT2D eigenvalue weighted by Gasteiger charge is -2.12. The summed E-state index contributed by atoms with van der Waals surface area (Å²) in [6.07, 6.45) is -0.382. The molecule has 1 rings (SSSR count). The second kappa shape index (κ2) is 3.57. The van der Waals surface area contributed by atoms with Crippen LogP contribution in [0.1, 0.15) is 13.3 Å². The van der Waals surface area contributed by atoms with Gasteiger partial charge >= 0.3 is 19.5 Å². The van der Waals surface area contributed by atoms with Gasteiger partial charge in [0.25, 0.3) is 0 Å². The van der Waals surface area contributed by atoms with Crippen LogP contribution in [0.3, 0.4) is 0 Å². The molecule has 0 radical (unpaired) electrons. The van der Waals surface area contributed by atoms with E-state index in [0.29, 0.717) is 0 Å². The smallest absolute Gasteiger partial charge is 0.342 e. The monoisotopic (exact) mass is 208 g/mol. The van der Waals surface area contributed by atoms with Gasteiger partial charge in [-0.25, -0.2) is 0 Å². The first-order chi connectivity index (χ1) is 5.97. The Kier molecular flexibility index (Phi) is 2.85. The van der Waals surface area contributed by atoms with E-state index >= 15 is 0 Å². The second-order valence-electron chi connectivity index (χ2n) is 2.49. The van der Waals surface area contributed by atoms with E-state index < -0.39 is 25.2 Å². The van der Waals surface area contributed by atoms with E-state index in [1.807, 2.05) is 0 Å². The summed E-state index contributed by atoms with van der Waals surface area (Å²) in [4.78, 5) is 30.6. The first-order valence-electron chi connectivity index (χ1n) is 3.69.